The Kier molecular flexibility index (Phi) is 2.38. The van der Waals surface area contributed by atoms with Crippen LogP contribution in [0.1, 0.15) is 0 Å². The number of nitrogen functional groups attached to an aromatic ring is 2. The van der Waals surface area contributed by atoms with Crippen molar-refractivity contribution >= 4 is 33.1 Å². The molecule has 0 radical (unpaired) electrons. The minimum atomic E-state index is -4.34. The Bertz CT molecular complexity index is 443. The van der Waals surface area contributed by atoms with Crippen LogP contribution in [0.25, 0.3) is 0 Å². The van der Waals surface area contributed by atoms with Crippen LogP contribution in [0.2, 0.25) is 5.02 Å². The maximum absolute atomic E-state index is 10.7. The third kappa shape index (κ3) is 2.03. The Morgan fingerprint density at radius 3 is 2.23 bits per heavy atom. The van der Waals surface area contributed by atoms with Gasteiger partial charge in [-0.05, 0) is 12.1 Å². The van der Waals surface area contributed by atoms with Gasteiger partial charge in [-0.15, -0.1) is 0 Å². The number of nitrogens with two attached hydrogens (primary N) is 2. The molecule has 0 atom stereocenters. The molecule has 1 rings (SSSR count). The fraction of sp³-hybridized carbons (Fsp3) is 0. The molecule has 5 nitrogen and oxygen atoms in total. The van der Waals surface area contributed by atoms with E-state index in [4.69, 9.17) is 27.6 Å². The van der Waals surface area contributed by atoms with Gasteiger partial charge in [0.15, 0.2) is 0 Å². The molecule has 5 N–H and O–H groups in total. The van der Waals surface area contributed by atoms with Gasteiger partial charge in [0.05, 0.1) is 16.4 Å². The zero-order chi connectivity index (χ0) is 10.2. The summed E-state index contributed by atoms with van der Waals surface area (Å²) in [6, 6.07) is 2.17. The van der Waals surface area contributed by atoms with Crippen LogP contribution in [0.4, 0.5) is 11.4 Å². The van der Waals surface area contributed by atoms with E-state index in [0.717, 1.165) is 6.07 Å². The highest BCUT2D eigenvalue weighted by atomic mass is 35.5. The van der Waals surface area contributed by atoms with Gasteiger partial charge in [-0.25, -0.2) is 0 Å². The smallest absolute Gasteiger partial charge is 0.296 e. The van der Waals surface area contributed by atoms with E-state index in [-0.39, 0.29) is 16.4 Å². The van der Waals surface area contributed by atoms with Crippen molar-refractivity contribution in [1.29, 1.82) is 0 Å². The third-order valence-corrected chi connectivity index (χ3v) is 2.64. The molecule has 7 heteroatoms. The molecule has 0 saturated heterocycles. The van der Waals surface area contributed by atoms with Gasteiger partial charge >= 0.3 is 0 Å². The molecule has 0 aliphatic heterocycles. The Hall–Kier alpha value is -0.980. The summed E-state index contributed by atoms with van der Waals surface area (Å²) in [4.78, 5) is -0.438. The topological polar surface area (TPSA) is 106 Å². The van der Waals surface area contributed by atoms with Crippen LogP contribution >= 0.6 is 11.6 Å². The van der Waals surface area contributed by atoms with Gasteiger partial charge in [0.1, 0.15) is 4.90 Å². The van der Waals surface area contributed by atoms with Crippen molar-refractivity contribution in [3.63, 3.8) is 0 Å². The van der Waals surface area contributed by atoms with Crippen molar-refractivity contribution in [2.45, 2.75) is 4.90 Å². The maximum atomic E-state index is 10.7. The molecule has 0 spiro atoms. The summed E-state index contributed by atoms with van der Waals surface area (Å²) in [6.07, 6.45) is 0. The zero-order valence-corrected chi connectivity index (χ0v) is 7.93. The first-order chi connectivity index (χ1) is 5.82. The lowest BCUT2D eigenvalue weighted by atomic mass is 10.3. The van der Waals surface area contributed by atoms with E-state index < -0.39 is 15.0 Å². The highest BCUT2D eigenvalue weighted by Gasteiger charge is 2.15. The van der Waals surface area contributed by atoms with Crippen molar-refractivity contribution in [2.75, 3.05) is 11.5 Å². The first-order valence-electron chi connectivity index (χ1n) is 3.14. The van der Waals surface area contributed by atoms with Crippen molar-refractivity contribution < 1.29 is 13.0 Å². The van der Waals surface area contributed by atoms with E-state index in [1.54, 1.807) is 0 Å². The summed E-state index contributed by atoms with van der Waals surface area (Å²) < 4.78 is 30.1. The van der Waals surface area contributed by atoms with Gasteiger partial charge in [-0.1, -0.05) is 11.6 Å². The standard InChI is InChI=1S/C6H7ClN2O3S/c7-3-1-6(13(10,11)12)5(9)2-4(3)8/h1-2H,8-9H2,(H,10,11,12). The number of benzene rings is 1. The molecular formula is C6H7ClN2O3S. The molecule has 72 valence electrons. The fourth-order valence-electron chi connectivity index (χ4n) is 0.813. The van der Waals surface area contributed by atoms with Crippen LogP contribution in [-0.4, -0.2) is 13.0 Å². The molecule has 0 aliphatic carbocycles. The summed E-state index contributed by atoms with van der Waals surface area (Å²) in [7, 11) is -4.34. The highest BCUT2D eigenvalue weighted by Crippen LogP contribution is 2.27. The SMILES string of the molecule is Nc1cc(N)c(S(=O)(=O)O)cc1Cl. The van der Waals surface area contributed by atoms with Crippen LogP contribution in [-0.2, 0) is 10.1 Å². The average molecular weight is 223 g/mol. The van der Waals surface area contributed by atoms with E-state index in [0.29, 0.717) is 0 Å². The molecule has 13 heavy (non-hydrogen) atoms. The van der Waals surface area contributed by atoms with E-state index >= 15 is 0 Å². The molecule has 0 saturated carbocycles. The summed E-state index contributed by atoms with van der Waals surface area (Å²) in [6.45, 7) is 0. The Morgan fingerprint density at radius 2 is 1.77 bits per heavy atom. The van der Waals surface area contributed by atoms with Crippen LogP contribution < -0.4 is 11.5 Å². The van der Waals surface area contributed by atoms with E-state index in [2.05, 4.69) is 0 Å². The monoisotopic (exact) mass is 222 g/mol. The lowest BCUT2D eigenvalue weighted by molar-refractivity contribution is 0.483. The van der Waals surface area contributed by atoms with Gasteiger partial charge in [-0.3, -0.25) is 4.55 Å². The van der Waals surface area contributed by atoms with Crippen LogP contribution in [0.3, 0.4) is 0 Å². The van der Waals surface area contributed by atoms with Crippen molar-refractivity contribution in [1.82, 2.24) is 0 Å². The first-order valence-corrected chi connectivity index (χ1v) is 4.96. The predicted octanol–water partition coefficient (Wildman–Crippen LogP) is 0.751. The number of anilines is 2. The molecule has 1 aromatic carbocycles. The Labute approximate surface area is 80.0 Å². The molecule has 0 heterocycles. The largest absolute Gasteiger partial charge is 0.398 e. The molecule has 0 aliphatic rings. The second kappa shape index (κ2) is 3.06. The quantitative estimate of drug-likeness (QED) is 0.480. The Balaban J connectivity index is 3.50. The van der Waals surface area contributed by atoms with Crippen LogP contribution in [0.5, 0.6) is 0 Å². The minimum Gasteiger partial charge on any atom is -0.398 e. The molecule has 0 unspecified atom stereocenters. The van der Waals surface area contributed by atoms with Gasteiger partial charge in [-0.2, -0.15) is 8.42 Å². The highest BCUT2D eigenvalue weighted by molar-refractivity contribution is 7.86. The summed E-state index contributed by atoms with van der Waals surface area (Å²) in [5, 5.41) is 0.0295. The maximum Gasteiger partial charge on any atom is 0.296 e. The molecule has 1 aromatic rings. The first kappa shape index (κ1) is 10.1. The second-order valence-electron chi connectivity index (χ2n) is 2.39. The van der Waals surface area contributed by atoms with Crippen molar-refractivity contribution in [3.8, 4) is 0 Å². The molecule has 0 bridgehead atoms. The normalized spacial score (nSPS) is 11.5. The molecular weight excluding hydrogens is 216 g/mol. The molecule has 0 amide bonds. The number of rotatable bonds is 1. The second-order valence-corrected chi connectivity index (χ2v) is 4.18. The van der Waals surface area contributed by atoms with Crippen LogP contribution in [0, 0.1) is 0 Å². The summed E-state index contributed by atoms with van der Waals surface area (Å²) in [5.74, 6) is 0. The summed E-state index contributed by atoms with van der Waals surface area (Å²) >= 11 is 5.54. The summed E-state index contributed by atoms with van der Waals surface area (Å²) in [5.41, 5.74) is 10.7. The van der Waals surface area contributed by atoms with Gasteiger partial charge < -0.3 is 11.5 Å². The van der Waals surface area contributed by atoms with E-state index in [1.165, 1.54) is 6.07 Å². The van der Waals surface area contributed by atoms with Crippen molar-refractivity contribution in [2.24, 2.45) is 0 Å². The van der Waals surface area contributed by atoms with Gasteiger partial charge in [0.25, 0.3) is 10.1 Å². The van der Waals surface area contributed by atoms with Gasteiger partial charge in [0.2, 0.25) is 0 Å². The number of halogens is 1. The van der Waals surface area contributed by atoms with E-state index in [1.807, 2.05) is 0 Å². The lowest BCUT2D eigenvalue weighted by Gasteiger charge is -2.04. The van der Waals surface area contributed by atoms with Crippen molar-refractivity contribution in [3.05, 3.63) is 17.2 Å². The number of hydrogen-bond acceptors (Lipinski definition) is 4. The number of hydrogen-bond donors (Lipinski definition) is 3. The van der Waals surface area contributed by atoms with Gasteiger partial charge in [0, 0.05) is 0 Å². The molecule has 0 fully saturated rings. The van der Waals surface area contributed by atoms with Crippen LogP contribution in [0.15, 0.2) is 17.0 Å². The fourth-order valence-corrected chi connectivity index (χ4v) is 1.66. The predicted molar refractivity (Wildman–Crippen MR) is 50.1 cm³/mol. The lowest BCUT2D eigenvalue weighted by Crippen LogP contribution is -2.04. The third-order valence-electron chi connectivity index (χ3n) is 1.41. The molecule has 0 aromatic heterocycles. The zero-order valence-electron chi connectivity index (χ0n) is 6.36. The Morgan fingerprint density at radius 1 is 1.23 bits per heavy atom. The average Bonchev–Trinajstić information content (AvgIpc) is 1.94. The van der Waals surface area contributed by atoms with E-state index in [9.17, 15) is 8.42 Å². The minimum absolute atomic E-state index is 0.0295.